The first kappa shape index (κ1) is 27.9. The zero-order valence-electron chi connectivity index (χ0n) is 20.6. The Balaban J connectivity index is 1.49. The number of amides is 2. The van der Waals surface area contributed by atoms with E-state index < -0.39 is 15.9 Å². The van der Waals surface area contributed by atoms with Crippen molar-refractivity contribution in [3.63, 3.8) is 0 Å². The predicted molar refractivity (Wildman–Crippen MR) is 150 cm³/mol. The number of carbonyl (C=O) groups is 2. The summed E-state index contributed by atoms with van der Waals surface area (Å²) in [6, 6.07) is 17.7. The number of para-hydroxylation sites is 1. The number of rotatable bonds is 9. The number of hydrogen-bond acceptors (Lipinski definition) is 5. The Morgan fingerprint density at radius 2 is 1.66 bits per heavy atom. The largest absolute Gasteiger partial charge is 0.376 e. The Kier molecular flexibility index (Phi) is 8.94. The molecule has 0 saturated carbocycles. The van der Waals surface area contributed by atoms with Crippen molar-refractivity contribution in [2.45, 2.75) is 25.5 Å². The van der Waals surface area contributed by atoms with Crippen LogP contribution in [-0.4, -0.2) is 45.7 Å². The molecule has 1 fully saturated rings. The summed E-state index contributed by atoms with van der Waals surface area (Å²) in [7, 11) is -3.70. The quantitative estimate of drug-likeness (QED) is 0.368. The number of hydrogen-bond donors (Lipinski definition) is 2. The number of sulfonamides is 1. The van der Waals surface area contributed by atoms with Crippen LogP contribution in [0.15, 0.2) is 66.7 Å². The Hall–Kier alpha value is -3.11. The van der Waals surface area contributed by atoms with E-state index in [2.05, 4.69) is 10.6 Å². The fourth-order valence-corrected chi connectivity index (χ4v) is 5.48. The van der Waals surface area contributed by atoms with E-state index in [1.54, 1.807) is 42.5 Å². The Morgan fingerprint density at radius 3 is 2.29 bits per heavy atom. The first-order valence-electron chi connectivity index (χ1n) is 11.9. The van der Waals surface area contributed by atoms with Gasteiger partial charge in [-0.1, -0.05) is 41.4 Å². The highest BCUT2D eigenvalue weighted by molar-refractivity contribution is 7.92. The zero-order chi connectivity index (χ0) is 27.3. The third-order valence-corrected chi connectivity index (χ3v) is 7.96. The first-order chi connectivity index (χ1) is 18.1. The Morgan fingerprint density at radius 1 is 0.974 bits per heavy atom. The summed E-state index contributed by atoms with van der Waals surface area (Å²) in [5.74, 6) is -0.759. The standard InChI is InChI=1S/C27H27Cl2N3O5S/c1-38(35,36)32(17-22-23(28)8-4-9-24(22)29)19-13-11-18(12-14-19)26(33)31-25-10-3-2-7-21(25)27(34)30-16-20-6-5-15-37-20/h2-4,7-14,20H,5-6,15-17H2,1H3,(H,30,34)(H,31,33)/t20-/m1/s1. The predicted octanol–water partition coefficient (Wildman–Crippen LogP) is 5.12. The maximum absolute atomic E-state index is 13.0. The fourth-order valence-electron chi connectivity index (χ4n) is 4.10. The minimum Gasteiger partial charge on any atom is -0.376 e. The van der Waals surface area contributed by atoms with Gasteiger partial charge in [0.15, 0.2) is 0 Å². The van der Waals surface area contributed by atoms with Crippen LogP contribution in [0, 0.1) is 0 Å². The SMILES string of the molecule is CS(=O)(=O)N(Cc1c(Cl)cccc1Cl)c1ccc(C(=O)Nc2ccccc2C(=O)NC[C@H]2CCCO2)cc1. The highest BCUT2D eigenvalue weighted by Crippen LogP contribution is 2.29. The van der Waals surface area contributed by atoms with E-state index >= 15 is 0 Å². The first-order valence-corrected chi connectivity index (χ1v) is 14.5. The molecule has 4 rings (SSSR count). The molecule has 3 aromatic carbocycles. The molecule has 2 N–H and O–H groups in total. The van der Waals surface area contributed by atoms with Crippen LogP contribution in [0.3, 0.4) is 0 Å². The van der Waals surface area contributed by atoms with Crippen molar-refractivity contribution in [3.8, 4) is 0 Å². The summed E-state index contributed by atoms with van der Waals surface area (Å²) < 4.78 is 31.9. The van der Waals surface area contributed by atoms with Gasteiger partial charge < -0.3 is 15.4 Å². The maximum atomic E-state index is 13.0. The van der Waals surface area contributed by atoms with Crippen molar-refractivity contribution >= 4 is 56.4 Å². The van der Waals surface area contributed by atoms with Gasteiger partial charge in [-0.2, -0.15) is 0 Å². The monoisotopic (exact) mass is 575 g/mol. The normalized spacial score (nSPS) is 15.2. The molecule has 0 unspecified atom stereocenters. The van der Waals surface area contributed by atoms with Crippen LogP contribution >= 0.6 is 23.2 Å². The number of benzene rings is 3. The van der Waals surface area contributed by atoms with E-state index in [9.17, 15) is 18.0 Å². The van der Waals surface area contributed by atoms with Gasteiger partial charge >= 0.3 is 0 Å². The third kappa shape index (κ3) is 6.85. The van der Waals surface area contributed by atoms with E-state index in [0.717, 1.165) is 23.4 Å². The van der Waals surface area contributed by atoms with Crippen LogP contribution in [0.4, 0.5) is 11.4 Å². The van der Waals surface area contributed by atoms with Gasteiger partial charge in [0.05, 0.1) is 35.8 Å². The molecule has 38 heavy (non-hydrogen) atoms. The summed E-state index contributed by atoms with van der Waals surface area (Å²) in [4.78, 5) is 25.7. The number of carbonyl (C=O) groups excluding carboxylic acids is 2. The van der Waals surface area contributed by atoms with Crippen molar-refractivity contribution < 1.29 is 22.7 Å². The number of nitrogens with one attached hydrogen (secondary N) is 2. The lowest BCUT2D eigenvalue weighted by Gasteiger charge is -2.23. The molecule has 0 spiro atoms. The van der Waals surface area contributed by atoms with Crippen LogP contribution in [0.1, 0.15) is 39.1 Å². The lowest BCUT2D eigenvalue weighted by molar-refractivity contribution is 0.0858. The van der Waals surface area contributed by atoms with Crippen molar-refractivity contribution in [1.29, 1.82) is 0 Å². The van der Waals surface area contributed by atoms with Crippen LogP contribution < -0.4 is 14.9 Å². The van der Waals surface area contributed by atoms with Gasteiger partial charge in [0.2, 0.25) is 10.0 Å². The lowest BCUT2D eigenvalue weighted by atomic mass is 10.1. The van der Waals surface area contributed by atoms with Gasteiger partial charge in [0.25, 0.3) is 11.8 Å². The molecule has 0 bridgehead atoms. The number of ether oxygens (including phenoxy) is 1. The van der Waals surface area contributed by atoms with Gasteiger partial charge in [0.1, 0.15) is 0 Å². The lowest BCUT2D eigenvalue weighted by Crippen LogP contribution is -2.32. The second kappa shape index (κ2) is 12.2. The molecule has 1 atom stereocenters. The van der Waals surface area contributed by atoms with E-state index in [1.807, 2.05) is 0 Å². The van der Waals surface area contributed by atoms with Crippen LogP contribution in [0.2, 0.25) is 10.0 Å². The van der Waals surface area contributed by atoms with Crippen LogP contribution in [0.25, 0.3) is 0 Å². The zero-order valence-corrected chi connectivity index (χ0v) is 22.9. The molecule has 1 aliphatic heterocycles. The molecule has 0 radical (unpaired) electrons. The average Bonchev–Trinajstić information content (AvgIpc) is 3.41. The molecular formula is C27H27Cl2N3O5S. The molecule has 1 aliphatic rings. The summed E-state index contributed by atoms with van der Waals surface area (Å²) in [6.07, 6.45) is 2.96. The molecule has 0 aliphatic carbocycles. The van der Waals surface area contributed by atoms with Gasteiger partial charge in [-0.25, -0.2) is 8.42 Å². The summed E-state index contributed by atoms with van der Waals surface area (Å²) in [5, 5.41) is 6.33. The minimum atomic E-state index is -3.70. The van der Waals surface area contributed by atoms with Crippen LogP contribution in [-0.2, 0) is 21.3 Å². The van der Waals surface area contributed by atoms with E-state index in [1.165, 1.54) is 24.3 Å². The third-order valence-electron chi connectivity index (χ3n) is 6.12. The fraction of sp³-hybridized carbons (Fsp3) is 0.259. The average molecular weight is 577 g/mol. The van der Waals surface area contributed by atoms with E-state index in [0.29, 0.717) is 45.7 Å². The van der Waals surface area contributed by atoms with Gasteiger partial charge in [0, 0.05) is 34.3 Å². The Bertz CT molecular complexity index is 1400. The van der Waals surface area contributed by atoms with Gasteiger partial charge in [-0.15, -0.1) is 0 Å². The van der Waals surface area contributed by atoms with Crippen molar-refractivity contribution in [3.05, 3.63) is 93.5 Å². The molecule has 3 aromatic rings. The highest BCUT2D eigenvalue weighted by Gasteiger charge is 2.22. The molecule has 1 saturated heterocycles. The number of nitrogens with zero attached hydrogens (tertiary/aromatic N) is 1. The Labute approximate surface area is 231 Å². The molecule has 11 heteroatoms. The molecule has 2 amide bonds. The summed E-state index contributed by atoms with van der Waals surface area (Å²) in [6.45, 7) is 1.03. The van der Waals surface area contributed by atoms with Gasteiger partial charge in [-0.05, 0) is 61.4 Å². The van der Waals surface area contributed by atoms with Crippen LogP contribution in [0.5, 0.6) is 0 Å². The minimum absolute atomic E-state index is 0.000314. The molecule has 0 aromatic heterocycles. The second-order valence-corrected chi connectivity index (χ2v) is 11.6. The van der Waals surface area contributed by atoms with E-state index in [-0.39, 0.29) is 24.1 Å². The second-order valence-electron chi connectivity index (χ2n) is 8.86. The molecule has 1 heterocycles. The van der Waals surface area contributed by atoms with Crippen molar-refractivity contribution in [2.24, 2.45) is 0 Å². The number of anilines is 2. The maximum Gasteiger partial charge on any atom is 0.255 e. The van der Waals surface area contributed by atoms with Gasteiger partial charge in [-0.3, -0.25) is 13.9 Å². The number of halogens is 2. The summed E-state index contributed by atoms with van der Waals surface area (Å²) in [5.41, 5.74) is 1.78. The topological polar surface area (TPSA) is 105 Å². The molecule has 200 valence electrons. The highest BCUT2D eigenvalue weighted by atomic mass is 35.5. The summed E-state index contributed by atoms with van der Waals surface area (Å²) >= 11 is 12.5. The molecule has 8 nitrogen and oxygen atoms in total. The van der Waals surface area contributed by atoms with Crippen molar-refractivity contribution in [2.75, 3.05) is 29.0 Å². The van der Waals surface area contributed by atoms with E-state index in [4.69, 9.17) is 27.9 Å². The molecular weight excluding hydrogens is 549 g/mol. The smallest absolute Gasteiger partial charge is 0.255 e. The van der Waals surface area contributed by atoms with Crippen molar-refractivity contribution in [1.82, 2.24) is 5.32 Å².